The fraction of sp³-hybridized carbons (Fsp3) is 0.300. The molecular formula is C20H24N2O4. The summed E-state index contributed by atoms with van der Waals surface area (Å²) >= 11 is 0. The van der Waals surface area contributed by atoms with Crippen LogP contribution in [0.25, 0.3) is 0 Å². The lowest BCUT2D eigenvalue weighted by Gasteiger charge is -2.21. The zero-order chi connectivity index (χ0) is 18.9. The minimum atomic E-state index is -0.981. The molecule has 2 aromatic carbocycles. The number of methoxy groups -OCH3 is 1. The molecule has 2 rings (SSSR count). The van der Waals surface area contributed by atoms with E-state index in [2.05, 4.69) is 5.32 Å². The Balaban J connectivity index is 1.92. The van der Waals surface area contributed by atoms with E-state index in [0.717, 1.165) is 5.56 Å². The summed E-state index contributed by atoms with van der Waals surface area (Å²) in [5.74, 6) is -1.47. The van der Waals surface area contributed by atoms with Gasteiger partial charge in [-0.05, 0) is 24.7 Å². The Kier molecular flexibility index (Phi) is 7.17. The predicted molar refractivity (Wildman–Crippen MR) is 100 cm³/mol. The van der Waals surface area contributed by atoms with Crippen LogP contribution in [0.4, 0.5) is 5.69 Å². The van der Waals surface area contributed by atoms with Gasteiger partial charge in [0.05, 0.1) is 13.0 Å². The van der Waals surface area contributed by atoms with Gasteiger partial charge in [0.2, 0.25) is 5.91 Å². The molecule has 0 spiro atoms. The van der Waals surface area contributed by atoms with Gasteiger partial charge >= 0.3 is 5.97 Å². The molecule has 1 amide bonds. The normalized spacial score (nSPS) is 11.8. The van der Waals surface area contributed by atoms with Crippen LogP contribution in [0.5, 0.6) is 5.75 Å². The first kappa shape index (κ1) is 19.5. The molecule has 1 unspecified atom stereocenters. The van der Waals surface area contributed by atoms with E-state index in [-0.39, 0.29) is 18.9 Å². The lowest BCUT2D eigenvalue weighted by molar-refractivity contribution is -0.144. The molecule has 0 saturated heterocycles. The van der Waals surface area contributed by atoms with Crippen LogP contribution in [0, 0.1) is 5.92 Å². The summed E-state index contributed by atoms with van der Waals surface area (Å²) in [6.07, 6.45) is -0.0916. The highest BCUT2D eigenvalue weighted by molar-refractivity contribution is 5.93. The summed E-state index contributed by atoms with van der Waals surface area (Å²) in [4.78, 5) is 25.7. The number of carboxylic acid groups (broad SMARTS) is 1. The summed E-state index contributed by atoms with van der Waals surface area (Å²) in [6, 6.07) is 16.8. The van der Waals surface area contributed by atoms with Crippen molar-refractivity contribution >= 4 is 17.6 Å². The molecule has 0 aliphatic heterocycles. The van der Waals surface area contributed by atoms with E-state index in [1.165, 1.54) is 0 Å². The van der Waals surface area contributed by atoms with Gasteiger partial charge in [0.15, 0.2) is 0 Å². The molecule has 0 heterocycles. The van der Waals surface area contributed by atoms with Crippen molar-refractivity contribution in [3.05, 3.63) is 60.2 Å². The Morgan fingerprint density at radius 1 is 1.15 bits per heavy atom. The maximum atomic E-state index is 12.2. The maximum Gasteiger partial charge on any atom is 0.308 e. The molecule has 0 saturated carbocycles. The van der Waals surface area contributed by atoms with E-state index >= 15 is 0 Å². The number of benzene rings is 2. The maximum absolute atomic E-state index is 12.2. The Hall–Kier alpha value is -2.86. The van der Waals surface area contributed by atoms with Crippen molar-refractivity contribution in [2.45, 2.75) is 13.0 Å². The number of amides is 1. The number of ether oxygens (including phenoxy) is 1. The van der Waals surface area contributed by atoms with Gasteiger partial charge in [0.1, 0.15) is 5.75 Å². The monoisotopic (exact) mass is 356 g/mol. The molecule has 138 valence electrons. The number of aliphatic carboxylic acids is 1. The third-order valence-corrected chi connectivity index (χ3v) is 3.96. The van der Waals surface area contributed by atoms with Crippen molar-refractivity contribution in [3.63, 3.8) is 0 Å². The van der Waals surface area contributed by atoms with Crippen LogP contribution in [0.2, 0.25) is 0 Å². The first-order valence-corrected chi connectivity index (χ1v) is 8.37. The fourth-order valence-electron chi connectivity index (χ4n) is 2.70. The van der Waals surface area contributed by atoms with Gasteiger partial charge < -0.3 is 20.1 Å². The van der Waals surface area contributed by atoms with Gasteiger partial charge in [-0.25, -0.2) is 0 Å². The van der Waals surface area contributed by atoms with Crippen LogP contribution < -0.4 is 10.1 Å². The van der Waals surface area contributed by atoms with Gasteiger partial charge in [0, 0.05) is 31.3 Å². The minimum absolute atomic E-state index is 0.0916. The van der Waals surface area contributed by atoms with Crippen LogP contribution in [-0.2, 0) is 16.1 Å². The van der Waals surface area contributed by atoms with Gasteiger partial charge in [-0.15, -0.1) is 0 Å². The average molecular weight is 356 g/mol. The van der Waals surface area contributed by atoms with Crippen molar-refractivity contribution in [2.24, 2.45) is 5.92 Å². The Morgan fingerprint density at radius 2 is 1.88 bits per heavy atom. The summed E-state index contributed by atoms with van der Waals surface area (Å²) in [6.45, 7) is 0.915. The van der Waals surface area contributed by atoms with E-state index in [4.69, 9.17) is 4.74 Å². The number of carboxylic acids is 1. The van der Waals surface area contributed by atoms with E-state index in [1.54, 1.807) is 31.4 Å². The second-order valence-corrected chi connectivity index (χ2v) is 6.20. The molecule has 0 fully saturated rings. The standard InChI is InChI=1S/C20H24N2O4/c1-22(13-15-7-4-3-5-8-15)14-16(20(24)25)11-19(23)21-17-9-6-10-18(12-17)26-2/h3-10,12,16H,11,13-14H2,1-2H3,(H,21,23)(H,24,25). The Labute approximate surface area is 153 Å². The molecule has 1 atom stereocenters. The molecule has 0 aromatic heterocycles. The quantitative estimate of drug-likeness (QED) is 0.722. The van der Waals surface area contributed by atoms with Crippen molar-refractivity contribution in [1.82, 2.24) is 4.90 Å². The molecule has 0 aliphatic rings. The predicted octanol–water partition coefficient (Wildman–Crippen LogP) is 2.86. The SMILES string of the molecule is COc1cccc(NC(=O)CC(CN(C)Cc2ccccc2)C(=O)O)c1. The number of anilines is 1. The van der Waals surface area contributed by atoms with E-state index in [1.807, 2.05) is 42.3 Å². The second-order valence-electron chi connectivity index (χ2n) is 6.20. The molecule has 0 aliphatic carbocycles. The smallest absolute Gasteiger partial charge is 0.308 e. The highest BCUT2D eigenvalue weighted by atomic mass is 16.5. The first-order valence-electron chi connectivity index (χ1n) is 8.37. The van der Waals surface area contributed by atoms with Crippen LogP contribution in [0.15, 0.2) is 54.6 Å². The van der Waals surface area contributed by atoms with Crippen LogP contribution in [0.1, 0.15) is 12.0 Å². The third-order valence-electron chi connectivity index (χ3n) is 3.96. The van der Waals surface area contributed by atoms with E-state index < -0.39 is 11.9 Å². The van der Waals surface area contributed by atoms with Gasteiger partial charge in [-0.1, -0.05) is 36.4 Å². The lowest BCUT2D eigenvalue weighted by atomic mass is 10.0. The largest absolute Gasteiger partial charge is 0.497 e. The number of hydrogen-bond acceptors (Lipinski definition) is 4. The minimum Gasteiger partial charge on any atom is -0.497 e. The average Bonchev–Trinajstić information content (AvgIpc) is 2.62. The number of carbonyl (C=O) groups excluding carboxylic acids is 1. The third kappa shape index (κ3) is 6.22. The second kappa shape index (κ2) is 9.58. The van der Waals surface area contributed by atoms with Crippen molar-refractivity contribution in [3.8, 4) is 5.75 Å². The van der Waals surface area contributed by atoms with E-state index in [0.29, 0.717) is 18.0 Å². The molecule has 2 N–H and O–H groups in total. The van der Waals surface area contributed by atoms with Crippen LogP contribution >= 0.6 is 0 Å². The molecule has 26 heavy (non-hydrogen) atoms. The van der Waals surface area contributed by atoms with Crippen molar-refractivity contribution < 1.29 is 19.4 Å². The van der Waals surface area contributed by atoms with Gasteiger partial charge in [-0.3, -0.25) is 9.59 Å². The summed E-state index contributed by atoms with van der Waals surface area (Å²) in [7, 11) is 3.40. The molecule has 0 bridgehead atoms. The van der Waals surface area contributed by atoms with Crippen molar-refractivity contribution in [2.75, 3.05) is 26.0 Å². The van der Waals surface area contributed by atoms with Crippen LogP contribution in [-0.4, -0.2) is 42.6 Å². The van der Waals surface area contributed by atoms with Gasteiger partial charge in [0.25, 0.3) is 0 Å². The van der Waals surface area contributed by atoms with Crippen LogP contribution in [0.3, 0.4) is 0 Å². The summed E-state index contributed by atoms with van der Waals surface area (Å²) in [5, 5.41) is 12.2. The Morgan fingerprint density at radius 3 is 2.54 bits per heavy atom. The number of carbonyl (C=O) groups is 2. The molecular weight excluding hydrogens is 332 g/mol. The lowest BCUT2D eigenvalue weighted by Crippen LogP contribution is -2.33. The topological polar surface area (TPSA) is 78.9 Å². The Bertz CT molecular complexity index is 734. The highest BCUT2D eigenvalue weighted by Crippen LogP contribution is 2.18. The fourth-order valence-corrected chi connectivity index (χ4v) is 2.70. The van der Waals surface area contributed by atoms with Gasteiger partial charge in [-0.2, -0.15) is 0 Å². The molecule has 2 aromatic rings. The number of nitrogens with one attached hydrogen (secondary N) is 1. The molecule has 0 radical (unpaired) electrons. The first-order chi connectivity index (χ1) is 12.5. The molecule has 6 nitrogen and oxygen atoms in total. The number of hydrogen-bond donors (Lipinski definition) is 2. The van der Waals surface area contributed by atoms with Crippen molar-refractivity contribution in [1.29, 1.82) is 0 Å². The summed E-state index contributed by atoms with van der Waals surface area (Å²) in [5.41, 5.74) is 1.68. The zero-order valence-electron chi connectivity index (χ0n) is 15.0. The number of nitrogens with zero attached hydrogens (tertiary/aromatic N) is 1. The highest BCUT2D eigenvalue weighted by Gasteiger charge is 2.23. The zero-order valence-corrected chi connectivity index (χ0v) is 15.0. The number of rotatable bonds is 9. The summed E-state index contributed by atoms with van der Waals surface area (Å²) < 4.78 is 5.11. The molecule has 6 heteroatoms. The van der Waals surface area contributed by atoms with E-state index in [9.17, 15) is 14.7 Å².